The van der Waals surface area contributed by atoms with Crippen molar-refractivity contribution in [2.24, 2.45) is 11.8 Å². The number of rotatable bonds is 6. The van der Waals surface area contributed by atoms with Crippen molar-refractivity contribution in [3.8, 4) is 0 Å². The van der Waals surface area contributed by atoms with Crippen LogP contribution in [-0.2, 0) is 14.4 Å². The van der Waals surface area contributed by atoms with E-state index in [4.69, 9.17) is 10.2 Å². The van der Waals surface area contributed by atoms with Crippen molar-refractivity contribution in [3.05, 3.63) is 0 Å². The van der Waals surface area contributed by atoms with Gasteiger partial charge in [0.25, 0.3) is 0 Å². The van der Waals surface area contributed by atoms with Gasteiger partial charge in [0.05, 0.1) is 0 Å². The summed E-state index contributed by atoms with van der Waals surface area (Å²) >= 11 is 0. The summed E-state index contributed by atoms with van der Waals surface area (Å²) in [6.07, 6.45) is 0.271. The second-order valence-electron chi connectivity index (χ2n) is 4.09. The Morgan fingerprint density at radius 2 is 1.56 bits per heavy atom. The van der Waals surface area contributed by atoms with Gasteiger partial charge >= 0.3 is 11.9 Å². The van der Waals surface area contributed by atoms with E-state index in [-0.39, 0.29) is 12.3 Å². The lowest BCUT2D eigenvalue weighted by Gasteiger charge is -2.17. The summed E-state index contributed by atoms with van der Waals surface area (Å²) in [6.45, 7) is 4.86. The van der Waals surface area contributed by atoms with Gasteiger partial charge in [-0.3, -0.25) is 9.59 Å². The fourth-order valence-electron chi connectivity index (χ4n) is 1.10. The zero-order chi connectivity index (χ0) is 12.9. The van der Waals surface area contributed by atoms with Crippen LogP contribution in [0.15, 0.2) is 0 Å². The van der Waals surface area contributed by atoms with Gasteiger partial charge in [-0.05, 0) is 19.3 Å². The lowest BCUT2D eigenvalue weighted by molar-refractivity contribution is -0.149. The topological polar surface area (TPSA) is 104 Å². The molecule has 92 valence electrons. The molecule has 0 saturated carbocycles. The van der Waals surface area contributed by atoms with Crippen LogP contribution in [-0.4, -0.2) is 34.1 Å². The van der Waals surface area contributed by atoms with E-state index >= 15 is 0 Å². The third-order valence-electron chi connectivity index (χ3n) is 2.09. The van der Waals surface area contributed by atoms with Crippen molar-refractivity contribution < 1.29 is 24.6 Å². The van der Waals surface area contributed by atoms with Crippen LogP contribution in [0.2, 0.25) is 0 Å². The minimum atomic E-state index is -1.27. The Kier molecular flexibility index (Phi) is 5.49. The third kappa shape index (κ3) is 4.77. The molecule has 3 N–H and O–H groups in total. The lowest BCUT2D eigenvalue weighted by atomic mass is 10.0. The largest absolute Gasteiger partial charge is 0.481 e. The minimum Gasteiger partial charge on any atom is -0.481 e. The maximum absolute atomic E-state index is 11.3. The average molecular weight is 231 g/mol. The van der Waals surface area contributed by atoms with E-state index in [1.807, 2.05) is 13.8 Å². The first-order valence-electron chi connectivity index (χ1n) is 5.01. The molecule has 6 heteroatoms. The van der Waals surface area contributed by atoms with E-state index in [1.165, 1.54) is 6.92 Å². The van der Waals surface area contributed by atoms with Crippen molar-refractivity contribution in [1.29, 1.82) is 0 Å². The first kappa shape index (κ1) is 14.4. The molecule has 0 aliphatic rings. The maximum atomic E-state index is 11.3. The molecule has 0 fully saturated rings. The second-order valence-corrected chi connectivity index (χ2v) is 4.09. The first-order chi connectivity index (χ1) is 7.25. The summed E-state index contributed by atoms with van der Waals surface area (Å²) in [7, 11) is 0. The number of aliphatic carboxylic acids is 2. The van der Waals surface area contributed by atoms with E-state index < -0.39 is 29.8 Å². The average Bonchev–Trinajstić information content (AvgIpc) is 2.14. The van der Waals surface area contributed by atoms with E-state index in [0.717, 1.165) is 0 Å². The SMILES string of the molecule is CC(C)C[C@H](NC(=O)C(C)C(=O)O)C(=O)O. The summed E-state index contributed by atoms with van der Waals surface area (Å²) in [5.41, 5.74) is 0. The molecule has 0 rings (SSSR count). The minimum absolute atomic E-state index is 0.0986. The normalized spacial score (nSPS) is 14.2. The predicted octanol–water partition coefficient (Wildman–Crippen LogP) is 0.323. The Balaban J connectivity index is 4.46. The fraction of sp³-hybridized carbons (Fsp3) is 0.700. The van der Waals surface area contributed by atoms with Gasteiger partial charge in [-0.15, -0.1) is 0 Å². The van der Waals surface area contributed by atoms with Crippen LogP contribution in [0, 0.1) is 11.8 Å². The molecule has 0 radical (unpaired) electrons. The molecule has 16 heavy (non-hydrogen) atoms. The van der Waals surface area contributed by atoms with E-state index in [0.29, 0.717) is 0 Å². The van der Waals surface area contributed by atoms with Crippen LogP contribution in [0.4, 0.5) is 0 Å². The smallest absolute Gasteiger partial charge is 0.326 e. The van der Waals surface area contributed by atoms with Gasteiger partial charge in [-0.2, -0.15) is 0 Å². The molecule has 0 aliphatic carbocycles. The summed E-state index contributed by atoms with van der Waals surface area (Å²) < 4.78 is 0. The quantitative estimate of drug-likeness (QED) is 0.571. The summed E-state index contributed by atoms with van der Waals surface area (Å²) in [5.74, 6) is -4.35. The molecular weight excluding hydrogens is 214 g/mol. The molecular formula is C10H17NO5. The third-order valence-corrected chi connectivity index (χ3v) is 2.09. The number of nitrogens with one attached hydrogen (secondary N) is 1. The number of carbonyl (C=O) groups is 3. The van der Waals surface area contributed by atoms with Gasteiger partial charge < -0.3 is 15.5 Å². The summed E-state index contributed by atoms with van der Waals surface area (Å²) in [4.78, 5) is 32.6. The van der Waals surface area contributed by atoms with E-state index in [9.17, 15) is 14.4 Å². The van der Waals surface area contributed by atoms with Crippen molar-refractivity contribution >= 4 is 17.8 Å². The molecule has 2 atom stereocenters. The van der Waals surface area contributed by atoms with Crippen molar-refractivity contribution in [3.63, 3.8) is 0 Å². The second kappa shape index (κ2) is 6.09. The zero-order valence-corrected chi connectivity index (χ0v) is 9.56. The molecule has 6 nitrogen and oxygen atoms in total. The molecule has 0 aliphatic heterocycles. The summed E-state index contributed by atoms with van der Waals surface area (Å²) in [5, 5.41) is 19.6. The van der Waals surface area contributed by atoms with Crippen LogP contribution in [0.3, 0.4) is 0 Å². The highest BCUT2D eigenvalue weighted by atomic mass is 16.4. The fourth-order valence-corrected chi connectivity index (χ4v) is 1.10. The molecule has 0 aromatic carbocycles. The first-order valence-corrected chi connectivity index (χ1v) is 5.01. The molecule has 0 aromatic heterocycles. The maximum Gasteiger partial charge on any atom is 0.326 e. The summed E-state index contributed by atoms with van der Waals surface area (Å²) in [6, 6.07) is -1.03. The Morgan fingerprint density at radius 3 is 1.88 bits per heavy atom. The molecule has 0 heterocycles. The monoisotopic (exact) mass is 231 g/mol. The lowest BCUT2D eigenvalue weighted by Crippen LogP contribution is -2.45. The van der Waals surface area contributed by atoms with Crippen LogP contribution in [0.5, 0.6) is 0 Å². The highest BCUT2D eigenvalue weighted by Crippen LogP contribution is 2.06. The number of carboxylic acid groups (broad SMARTS) is 2. The predicted molar refractivity (Wildman–Crippen MR) is 55.8 cm³/mol. The van der Waals surface area contributed by atoms with Crippen molar-refractivity contribution in [1.82, 2.24) is 5.32 Å². The number of hydrogen-bond donors (Lipinski definition) is 3. The number of carboxylic acids is 2. The van der Waals surface area contributed by atoms with Gasteiger partial charge in [-0.25, -0.2) is 4.79 Å². The molecule has 0 saturated heterocycles. The van der Waals surface area contributed by atoms with Crippen molar-refractivity contribution in [2.45, 2.75) is 33.2 Å². The van der Waals surface area contributed by atoms with Gasteiger partial charge in [0, 0.05) is 0 Å². The highest BCUT2D eigenvalue weighted by Gasteiger charge is 2.26. The van der Waals surface area contributed by atoms with Crippen molar-refractivity contribution in [2.75, 3.05) is 0 Å². The van der Waals surface area contributed by atoms with E-state index in [1.54, 1.807) is 0 Å². The Labute approximate surface area is 93.6 Å². The van der Waals surface area contributed by atoms with Gasteiger partial charge in [0.15, 0.2) is 0 Å². The molecule has 0 bridgehead atoms. The molecule has 0 aromatic rings. The van der Waals surface area contributed by atoms with Gasteiger partial charge in [-0.1, -0.05) is 13.8 Å². The van der Waals surface area contributed by atoms with E-state index in [2.05, 4.69) is 5.32 Å². The van der Waals surface area contributed by atoms with Gasteiger partial charge in [0.2, 0.25) is 5.91 Å². The van der Waals surface area contributed by atoms with Crippen LogP contribution in [0.1, 0.15) is 27.2 Å². The Bertz CT molecular complexity index is 287. The molecule has 1 unspecified atom stereocenters. The Morgan fingerprint density at radius 1 is 1.06 bits per heavy atom. The number of amides is 1. The Hall–Kier alpha value is -1.59. The van der Waals surface area contributed by atoms with Gasteiger partial charge in [0.1, 0.15) is 12.0 Å². The molecule has 0 spiro atoms. The standard InChI is InChI=1S/C10H17NO5/c1-5(2)4-7(10(15)16)11-8(12)6(3)9(13)14/h5-7H,4H2,1-3H3,(H,11,12)(H,13,14)(H,15,16)/t6?,7-/m0/s1. The zero-order valence-electron chi connectivity index (χ0n) is 9.56. The van der Waals surface area contributed by atoms with Crippen LogP contribution >= 0.6 is 0 Å². The number of carbonyl (C=O) groups excluding carboxylic acids is 1. The van der Waals surface area contributed by atoms with Crippen LogP contribution in [0.25, 0.3) is 0 Å². The highest BCUT2D eigenvalue weighted by molar-refractivity contribution is 5.97. The molecule has 1 amide bonds. The number of hydrogen-bond acceptors (Lipinski definition) is 3. The van der Waals surface area contributed by atoms with Crippen LogP contribution < -0.4 is 5.32 Å².